The molecule has 0 atom stereocenters. The summed E-state index contributed by atoms with van der Waals surface area (Å²) in [5.74, 6) is -0.297. The van der Waals surface area contributed by atoms with E-state index >= 15 is 0 Å². The van der Waals surface area contributed by atoms with Gasteiger partial charge in [0.2, 0.25) is 5.90 Å². The number of carbonyl (C=O) groups excluding carboxylic acids is 2. The van der Waals surface area contributed by atoms with Gasteiger partial charge < -0.3 is 9.47 Å². The maximum Gasteiger partial charge on any atom is 0.363 e. The Bertz CT molecular complexity index is 872. The quantitative estimate of drug-likeness (QED) is 0.458. The third-order valence-corrected chi connectivity index (χ3v) is 3.88. The van der Waals surface area contributed by atoms with E-state index in [0.717, 1.165) is 10.0 Å². The summed E-state index contributed by atoms with van der Waals surface area (Å²) in [5, 5.41) is 0. The molecule has 0 amide bonds. The Morgan fingerprint density at radius 1 is 1.21 bits per heavy atom. The van der Waals surface area contributed by atoms with Crippen molar-refractivity contribution in [2.24, 2.45) is 4.99 Å². The van der Waals surface area contributed by atoms with Crippen LogP contribution in [0.1, 0.15) is 18.1 Å². The second kappa shape index (κ2) is 6.80. The summed E-state index contributed by atoms with van der Waals surface area (Å²) in [7, 11) is 0. The Morgan fingerprint density at radius 3 is 2.67 bits per heavy atom. The summed E-state index contributed by atoms with van der Waals surface area (Å²) in [6.07, 6.45) is 1.58. The van der Waals surface area contributed by atoms with Crippen molar-refractivity contribution in [3.8, 4) is 5.75 Å². The molecule has 2 aromatic carbocycles. The van der Waals surface area contributed by atoms with Crippen molar-refractivity contribution < 1.29 is 19.1 Å². The van der Waals surface area contributed by atoms with E-state index < -0.39 is 11.9 Å². The lowest BCUT2D eigenvalue weighted by Gasteiger charge is -2.04. The molecule has 0 aromatic heterocycles. The molecule has 1 aliphatic heterocycles. The number of nitrogens with zero attached hydrogens (tertiary/aromatic N) is 1. The zero-order valence-electron chi connectivity index (χ0n) is 12.7. The van der Waals surface area contributed by atoms with Crippen molar-refractivity contribution in [3.05, 3.63) is 69.8 Å². The molecule has 120 valence electrons. The van der Waals surface area contributed by atoms with Crippen molar-refractivity contribution in [3.63, 3.8) is 0 Å². The molecule has 0 spiro atoms. The molecule has 1 aliphatic rings. The average Bonchev–Trinajstić information content (AvgIpc) is 2.92. The first-order valence-corrected chi connectivity index (χ1v) is 7.88. The van der Waals surface area contributed by atoms with Gasteiger partial charge >= 0.3 is 11.9 Å². The molecule has 1 heterocycles. The van der Waals surface area contributed by atoms with Gasteiger partial charge in [-0.3, -0.25) is 4.79 Å². The largest absolute Gasteiger partial charge is 0.427 e. The van der Waals surface area contributed by atoms with E-state index in [1.54, 1.807) is 24.3 Å². The molecular weight excluding hydrogens is 374 g/mol. The predicted octanol–water partition coefficient (Wildman–Crippen LogP) is 3.72. The maximum atomic E-state index is 12.0. The zero-order valence-corrected chi connectivity index (χ0v) is 14.2. The summed E-state index contributed by atoms with van der Waals surface area (Å²) in [5.41, 5.74) is 1.55. The molecule has 0 saturated heterocycles. The van der Waals surface area contributed by atoms with Crippen LogP contribution in [0, 0.1) is 0 Å². The topological polar surface area (TPSA) is 65.0 Å². The third kappa shape index (κ3) is 3.60. The Labute approximate surface area is 146 Å². The Balaban J connectivity index is 1.95. The summed E-state index contributed by atoms with van der Waals surface area (Å²) >= 11 is 3.40. The standard InChI is InChI=1S/C18H12BrNO4/c1-11(21)23-14-7-8-15(19)13(9-14)10-16-18(22)24-17(20-16)12-5-3-2-4-6-12/h2-10H,1H3/b16-10-. The van der Waals surface area contributed by atoms with Crippen LogP contribution in [0.15, 0.2) is 63.7 Å². The third-order valence-electron chi connectivity index (χ3n) is 3.16. The number of benzene rings is 2. The van der Waals surface area contributed by atoms with Crippen molar-refractivity contribution in [1.82, 2.24) is 0 Å². The highest BCUT2D eigenvalue weighted by atomic mass is 79.9. The monoisotopic (exact) mass is 385 g/mol. The van der Waals surface area contributed by atoms with Crippen molar-refractivity contribution in [2.45, 2.75) is 6.92 Å². The molecule has 0 saturated carbocycles. The minimum Gasteiger partial charge on any atom is -0.427 e. The van der Waals surface area contributed by atoms with E-state index in [1.165, 1.54) is 6.92 Å². The lowest BCUT2D eigenvalue weighted by Crippen LogP contribution is -2.05. The number of cyclic esters (lactones) is 1. The molecule has 5 nitrogen and oxygen atoms in total. The SMILES string of the molecule is CC(=O)Oc1ccc(Br)c(/C=C2\N=C(c3ccccc3)OC2=O)c1. The first-order chi connectivity index (χ1) is 11.5. The van der Waals surface area contributed by atoms with Gasteiger partial charge in [0.1, 0.15) is 5.75 Å². The predicted molar refractivity (Wildman–Crippen MR) is 92.5 cm³/mol. The van der Waals surface area contributed by atoms with E-state index in [-0.39, 0.29) is 11.6 Å². The molecule has 2 aromatic rings. The average molecular weight is 386 g/mol. The molecule has 24 heavy (non-hydrogen) atoms. The highest BCUT2D eigenvalue weighted by molar-refractivity contribution is 9.10. The van der Waals surface area contributed by atoms with E-state index in [0.29, 0.717) is 11.3 Å². The summed E-state index contributed by atoms with van der Waals surface area (Å²) in [4.78, 5) is 27.3. The molecule has 0 radical (unpaired) electrons. The number of rotatable bonds is 3. The number of halogens is 1. The lowest BCUT2D eigenvalue weighted by molar-refractivity contribution is -0.132. The number of ether oxygens (including phenoxy) is 2. The smallest absolute Gasteiger partial charge is 0.363 e. The number of hydrogen-bond acceptors (Lipinski definition) is 5. The van der Waals surface area contributed by atoms with Crippen LogP contribution in [0.25, 0.3) is 6.08 Å². The number of esters is 2. The van der Waals surface area contributed by atoms with Crippen LogP contribution in [-0.4, -0.2) is 17.8 Å². The van der Waals surface area contributed by atoms with Gasteiger partial charge in [-0.2, -0.15) is 0 Å². The highest BCUT2D eigenvalue weighted by Gasteiger charge is 2.24. The minimum atomic E-state index is -0.529. The summed E-state index contributed by atoms with van der Waals surface area (Å²) in [6, 6.07) is 14.2. The fraction of sp³-hybridized carbons (Fsp3) is 0.0556. The molecule has 6 heteroatoms. The van der Waals surface area contributed by atoms with Gasteiger partial charge in [0, 0.05) is 17.0 Å². The number of hydrogen-bond donors (Lipinski definition) is 0. The molecule has 3 rings (SSSR count). The second-order valence-corrected chi connectivity index (χ2v) is 5.83. The molecule has 0 aliphatic carbocycles. The fourth-order valence-electron chi connectivity index (χ4n) is 2.12. The van der Waals surface area contributed by atoms with E-state index in [4.69, 9.17) is 9.47 Å². The van der Waals surface area contributed by atoms with E-state index in [1.807, 2.05) is 30.3 Å². The van der Waals surface area contributed by atoms with E-state index in [2.05, 4.69) is 20.9 Å². The summed E-state index contributed by atoms with van der Waals surface area (Å²) < 4.78 is 11.0. The molecule has 0 fully saturated rings. The Kier molecular flexibility index (Phi) is 4.57. The van der Waals surface area contributed by atoms with Crippen LogP contribution in [0.4, 0.5) is 0 Å². The van der Waals surface area contributed by atoms with Crippen molar-refractivity contribution in [1.29, 1.82) is 0 Å². The lowest BCUT2D eigenvalue weighted by atomic mass is 10.2. The van der Waals surface area contributed by atoms with Crippen LogP contribution >= 0.6 is 15.9 Å². The van der Waals surface area contributed by atoms with Gasteiger partial charge in [-0.05, 0) is 42.0 Å². The van der Waals surface area contributed by atoms with Crippen LogP contribution in [0.5, 0.6) is 5.75 Å². The molecule has 0 bridgehead atoms. The van der Waals surface area contributed by atoms with Crippen LogP contribution in [0.2, 0.25) is 0 Å². The maximum absolute atomic E-state index is 12.0. The van der Waals surface area contributed by atoms with Crippen LogP contribution in [-0.2, 0) is 14.3 Å². The van der Waals surface area contributed by atoms with Crippen LogP contribution < -0.4 is 4.74 Å². The number of carbonyl (C=O) groups is 2. The van der Waals surface area contributed by atoms with Crippen molar-refractivity contribution >= 4 is 39.8 Å². The fourth-order valence-corrected chi connectivity index (χ4v) is 2.48. The zero-order chi connectivity index (χ0) is 17.1. The normalized spacial score (nSPS) is 15.2. The van der Waals surface area contributed by atoms with Gasteiger partial charge in [0.25, 0.3) is 0 Å². The first-order valence-electron chi connectivity index (χ1n) is 7.09. The first kappa shape index (κ1) is 16.1. The van der Waals surface area contributed by atoms with Gasteiger partial charge in [0.05, 0.1) is 0 Å². The second-order valence-electron chi connectivity index (χ2n) is 4.98. The minimum absolute atomic E-state index is 0.175. The van der Waals surface area contributed by atoms with E-state index in [9.17, 15) is 9.59 Å². The number of aliphatic imine (C=N–C) groups is 1. The van der Waals surface area contributed by atoms with Crippen molar-refractivity contribution in [2.75, 3.05) is 0 Å². The molecular formula is C18H12BrNO4. The van der Waals surface area contributed by atoms with Gasteiger partial charge in [-0.15, -0.1) is 0 Å². The summed E-state index contributed by atoms with van der Waals surface area (Å²) in [6.45, 7) is 1.32. The Hall–Kier alpha value is -2.73. The van der Waals surface area contributed by atoms with Crippen LogP contribution in [0.3, 0.4) is 0 Å². The highest BCUT2D eigenvalue weighted by Crippen LogP contribution is 2.27. The van der Waals surface area contributed by atoms with Gasteiger partial charge in [-0.1, -0.05) is 34.1 Å². The Morgan fingerprint density at radius 2 is 1.96 bits per heavy atom. The van der Waals surface area contributed by atoms with Gasteiger partial charge in [0.15, 0.2) is 5.70 Å². The van der Waals surface area contributed by atoms with Gasteiger partial charge in [-0.25, -0.2) is 9.79 Å². The molecule has 0 unspecified atom stereocenters. The molecule has 0 N–H and O–H groups in total.